The Kier molecular flexibility index (Phi) is 4.04. The summed E-state index contributed by atoms with van der Waals surface area (Å²) in [7, 11) is 0. The molecule has 0 radical (unpaired) electrons. The number of benzene rings is 1. The van der Waals surface area contributed by atoms with Crippen molar-refractivity contribution in [2.45, 2.75) is 37.6 Å². The third kappa shape index (κ3) is 3.28. The second-order valence-corrected chi connectivity index (χ2v) is 8.46. The molecule has 0 aliphatic heterocycles. The first-order valence-electron chi connectivity index (χ1n) is 8.06. The third-order valence-corrected chi connectivity index (χ3v) is 5.47. The van der Waals surface area contributed by atoms with E-state index in [1.165, 1.54) is 0 Å². The van der Waals surface area contributed by atoms with Crippen molar-refractivity contribution in [3.05, 3.63) is 52.3 Å². The number of halogens is 1. The SMILES string of the molecule is CC1(C)CC(=O)c2cnc3nc(SCc4ccc(Cl)cc4)nn3c2C1. The number of hydrogen-bond donors (Lipinski definition) is 0. The van der Waals surface area contributed by atoms with Crippen molar-refractivity contribution in [2.75, 3.05) is 0 Å². The molecule has 1 aromatic carbocycles. The normalized spacial score (nSPS) is 16.2. The number of hydrogen-bond acceptors (Lipinski definition) is 5. The van der Waals surface area contributed by atoms with Crippen LogP contribution >= 0.6 is 23.4 Å². The Hall–Kier alpha value is -1.92. The molecule has 0 saturated heterocycles. The quantitative estimate of drug-likeness (QED) is 0.644. The van der Waals surface area contributed by atoms with Gasteiger partial charge in [-0.15, -0.1) is 5.10 Å². The Morgan fingerprint density at radius 3 is 2.76 bits per heavy atom. The summed E-state index contributed by atoms with van der Waals surface area (Å²) in [6, 6.07) is 7.74. The number of rotatable bonds is 3. The van der Waals surface area contributed by atoms with Crippen LogP contribution in [0.5, 0.6) is 0 Å². The zero-order chi connectivity index (χ0) is 17.6. The Balaban J connectivity index is 1.64. The number of ketones is 1. The highest BCUT2D eigenvalue weighted by Gasteiger charge is 2.33. The van der Waals surface area contributed by atoms with Gasteiger partial charge in [0.05, 0.1) is 11.3 Å². The fourth-order valence-electron chi connectivity index (χ4n) is 3.10. The van der Waals surface area contributed by atoms with E-state index in [-0.39, 0.29) is 11.2 Å². The molecule has 5 nitrogen and oxygen atoms in total. The molecule has 25 heavy (non-hydrogen) atoms. The predicted molar refractivity (Wildman–Crippen MR) is 98.2 cm³/mol. The summed E-state index contributed by atoms with van der Waals surface area (Å²) < 4.78 is 1.73. The predicted octanol–water partition coefficient (Wildman–Crippen LogP) is 4.23. The van der Waals surface area contributed by atoms with E-state index in [2.05, 4.69) is 28.9 Å². The third-order valence-electron chi connectivity index (χ3n) is 4.31. The van der Waals surface area contributed by atoms with E-state index in [4.69, 9.17) is 11.6 Å². The highest BCUT2D eigenvalue weighted by molar-refractivity contribution is 7.98. The first kappa shape index (κ1) is 16.5. The van der Waals surface area contributed by atoms with E-state index in [0.717, 1.165) is 28.5 Å². The molecular weight excluding hydrogens is 356 g/mol. The fraction of sp³-hybridized carbons (Fsp3) is 0.333. The van der Waals surface area contributed by atoms with E-state index in [9.17, 15) is 4.79 Å². The van der Waals surface area contributed by atoms with Gasteiger partial charge < -0.3 is 0 Å². The van der Waals surface area contributed by atoms with Gasteiger partial charge in [0.15, 0.2) is 5.78 Å². The second kappa shape index (κ2) is 6.11. The van der Waals surface area contributed by atoms with Crippen molar-refractivity contribution >= 4 is 34.9 Å². The van der Waals surface area contributed by atoms with Gasteiger partial charge in [0.1, 0.15) is 0 Å². The maximum absolute atomic E-state index is 12.4. The molecule has 4 rings (SSSR count). The molecule has 0 unspecified atom stereocenters. The molecule has 1 aliphatic carbocycles. The Bertz CT molecular complexity index is 965. The molecule has 0 spiro atoms. The lowest BCUT2D eigenvalue weighted by Crippen LogP contribution is -2.29. The van der Waals surface area contributed by atoms with Gasteiger partial charge in [0, 0.05) is 23.4 Å². The van der Waals surface area contributed by atoms with Crippen LogP contribution in [0.2, 0.25) is 5.02 Å². The molecule has 2 heterocycles. The van der Waals surface area contributed by atoms with E-state index in [0.29, 0.717) is 22.9 Å². The van der Waals surface area contributed by atoms with Crippen LogP contribution in [0.1, 0.15) is 41.9 Å². The number of thioether (sulfide) groups is 1. The first-order chi connectivity index (χ1) is 11.9. The molecule has 128 valence electrons. The van der Waals surface area contributed by atoms with Gasteiger partial charge in [-0.25, -0.2) is 4.98 Å². The van der Waals surface area contributed by atoms with Crippen LogP contribution in [0.3, 0.4) is 0 Å². The number of nitrogens with zero attached hydrogens (tertiary/aromatic N) is 4. The summed E-state index contributed by atoms with van der Waals surface area (Å²) in [4.78, 5) is 21.2. The number of Topliss-reactive ketones (excluding diaryl/α,β-unsaturated/α-hetero) is 1. The summed E-state index contributed by atoms with van der Waals surface area (Å²) in [5.41, 5.74) is 2.67. The van der Waals surface area contributed by atoms with Gasteiger partial charge in [-0.3, -0.25) is 4.79 Å². The molecule has 0 bridgehead atoms. The smallest absolute Gasteiger partial charge is 0.253 e. The zero-order valence-corrected chi connectivity index (χ0v) is 15.6. The highest BCUT2D eigenvalue weighted by Crippen LogP contribution is 2.34. The lowest BCUT2D eigenvalue weighted by Gasteiger charge is -2.29. The summed E-state index contributed by atoms with van der Waals surface area (Å²) >= 11 is 7.46. The minimum absolute atomic E-state index is 0.0685. The number of aromatic nitrogens is 4. The Morgan fingerprint density at radius 1 is 1.24 bits per heavy atom. The number of carbonyl (C=O) groups excluding carboxylic acids is 1. The van der Waals surface area contributed by atoms with Crippen LogP contribution in [0.4, 0.5) is 0 Å². The second-order valence-electron chi connectivity index (χ2n) is 7.08. The summed E-state index contributed by atoms with van der Waals surface area (Å²) in [6.45, 7) is 4.21. The minimum atomic E-state index is -0.0685. The average molecular weight is 373 g/mol. The molecule has 0 amide bonds. The monoisotopic (exact) mass is 372 g/mol. The maximum Gasteiger partial charge on any atom is 0.253 e. The van der Waals surface area contributed by atoms with Crippen LogP contribution < -0.4 is 0 Å². The van der Waals surface area contributed by atoms with Crippen molar-refractivity contribution in [2.24, 2.45) is 5.41 Å². The molecule has 1 aliphatic rings. The van der Waals surface area contributed by atoms with Crippen molar-refractivity contribution in [1.29, 1.82) is 0 Å². The molecule has 0 atom stereocenters. The minimum Gasteiger partial charge on any atom is -0.294 e. The average Bonchev–Trinajstić information content (AvgIpc) is 2.97. The van der Waals surface area contributed by atoms with Gasteiger partial charge >= 0.3 is 0 Å². The molecule has 0 N–H and O–H groups in total. The molecule has 0 fully saturated rings. The topological polar surface area (TPSA) is 60.2 Å². The molecule has 0 saturated carbocycles. The van der Waals surface area contributed by atoms with Crippen molar-refractivity contribution in [3.63, 3.8) is 0 Å². The van der Waals surface area contributed by atoms with Gasteiger partial charge in [-0.1, -0.05) is 49.3 Å². The first-order valence-corrected chi connectivity index (χ1v) is 9.43. The standard InChI is InChI=1S/C18H17ClN4OS/c1-18(2)7-14-13(15(24)8-18)9-20-16-21-17(22-23(14)16)25-10-11-3-5-12(19)6-4-11/h3-6,9H,7-8,10H2,1-2H3. The molecule has 2 aromatic heterocycles. The van der Waals surface area contributed by atoms with Crippen LogP contribution in [-0.4, -0.2) is 25.4 Å². The largest absolute Gasteiger partial charge is 0.294 e. The molecule has 3 aromatic rings. The summed E-state index contributed by atoms with van der Waals surface area (Å²) in [5.74, 6) is 1.43. The maximum atomic E-state index is 12.4. The van der Waals surface area contributed by atoms with E-state index in [1.54, 1.807) is 22.5 Å². The fourth-order valence-corrected chi connectivity index (χ4v) is 4.00. The van der Waals surface area contributed by atoms with E-state index >= 15 is 0 Å². The summed E-state index contributed by atoms with van der Waals surface area (Å²) in [5, 5.41) is 5.97. The summed E-state index contributed by atoms with van der Waals surface area (Å²) in [6.07, 6.45) is 2.97. The van der Waals surface area contributed by atoms with Gasteiger partial charge in [-0.2, -0.15) is 9.50 Å². The van der Waals surface area contributed by atoms with Crippen LogP contribution in [0.15, 0.2) is 35.6 Å². The zero-order valence-electron chi connectivity index (χ0n) is 14.0. The number of fused-ring (bicyclic) bond motifs is 3. The van der Waals surface area contributed by atoms with Crippen molar-refractivity contribution < 1.29 is 4.79 Å². The lowest BCUT2D eigenvalue weighted by atomic mass is 9.76. The van der Waals surface area contributed by atoms with Gasteiger partial charge in [0.25, 0.3) is 5.78 Å². The molecular formula is C18H17ClN4OS. The molecule has 7 heteroatoms. The Labute approximate surface area is 154 Å². The van der Waals surface area contributed by atoms with Gasteiger partial charge in [0.2, 0.25) is 5.16 Å². The van der Waals surface area contributed by atoms with Crippen LogP contribution in [-0.2, 0) is 12.2 Å². The number of carbonyl (C=O) groups is 1. The van der Waals surface area contributed by atoms with Gasteiger partial charge in [-0.05, 0) is 29.5 Å². The van der Waals surface area contributed by atoms with E-state index in [1.807, 2.05) is 24.3 Å². The van der Waals surface area contributed by atoms with Crippen molar-refractivity contribution in [1.82, 2.24) is 19.6 Å². The van der Waals surface area contributed by atoms with Crippen LogP contribution in [0.25, 0.3) is 5.78 Å². The highest BCUT2D eigenvalue weighted by atomic mass is 35.5. The van der Waals surface area contributed by atoms with Crippen LogP contribution in [0, 0.1) is 5.41 Å². The van der Waals surface area contributed by atoms with E-state index < -0.39 is 0 Å². The lowest BCUT2D eigenvalue weighted by molar-refractivity contribution is 0.0908. The Morgan fingerprint density at radius 2 is 2.00 bits per heavy atom. The van der Waals surface area contributed by atoms with Crippen molar-refractivity contribution in [3.8, 4) is 0 Å².